The average molecular weight is 258 g/mol. The van der Waals surface area contributed by atoms with E-state index < -0.39 is 5.97 Å². The highest BCUT2D eigenvalue weighted by molar-refractivity contribution is 6.03. The lowest BCUT2D eigenvalue weighted by atomic mass is 10.1. The van der Waals surface area contributed by atoms with Gasteiger partial charge in [0.2, 0.25) is 0 Å². The summed E-state index contributed by atoms with van der Waals surface area (Å²) in [6, 6.07) is 5.52. The minimum absolute atomic E-state index is 0.382. The third-order valence-corrected chi connectivity index (χ3v) is 3.91. The number of hydrogen-bond donors (Lipinski definition) is 1. The molecular formula is C15H18N2O2. The maximum atomic E-state index is 11.3. The van der Waals surface area contributed by atoms with Crippen molar-refractivity contribution in [2.24, 2.45) is 7.05 Å². The van der Waals surface area contributed by atoms with Crippen molar-refractivity contribution in [3.8, 4) is 0 Å². The van der Waals surface area contributed by atoms with Crippen LogP contribution in [0.1, 0.15) is 28.8 Å². The molecule has 1 aliphatic rings. The number of rotatable bonds is 3. The number of aromatic carboxylic acids is 1. The molecule has 4 heteroatoms. The van der Waals surface area contributed by atoms with Gasteiger partial charge in [0.1, 0.15) is 0 Å². The lowest BCUT2D eigenvalue weighted by molar-refractivity contribution is 0.0698. The number of likely N-dealkylation sites (tertiary alicyclic amines) is 1. The summed E-state index contributed by atoms with van der Waals surface area (Å²) >= 11 is 0. The van der Waals surface area contributed by atoms with Gasteiger partial charge in [-0.25, -0.2) is 4.79 Å². The fourth-order valence-electron chi connectivity index (χ4n) is 3.03. The van der Waals surface area contributed by atoms with Gasteiger partial charge in [0, 0.05) is 25.2 Å². The molecular weight excluding hydrogens is 240 g/mol. The van der Waals surface area contributed by atoms with Crippen molar-refractivity contribution < 1.29 is 9.90 Å². The summed E-state index contributed by atoms with van der Waals surface area (Å²) in [5.41, 5.74) is 2.43. The quantitative estimate of drug-likeness (QED) is 0.920. The number of para-hydroxylation sites is 1. The molecule has 19 heavy (non-hydrogen) atoms. The van der Waals surface area contributed by atoms with Gasteiger partial charge in [-0.3, -0.25) is 4.90 Å². The lowest BCUT2D eigenvalue weighted by Crippen LogP contribution is -2.18. The minimum atomic E-state index is -0.862. The SMILES string of the molecule is Cn1cc(CN2CCCC2)c2cccc(C(=O)O)c21. The van der Waals surface area contributed by atoms with Crippen LogP contribution in [0, 0.1) is 0 Å². The van der Waals surface area contributed by atoms with Gasteiger partial charge in [-0.1, -0.05) is 12.1 Å². The van der Waals surface area contributed by atoms with Gasteiger partial charge in [-0.15, -0.1) is 0 Å². The van der Waals surface area contributed by atoms with Crippen LogP contribution >= 0.6 is 0 Å². The average Bonchev–Trinajstić information content (AvgIpc) is 2.99. The Labute approximate surface area is 112 Å². The van der Waals surface area contributed by atoms with E-state index >= 15 is 0 Å². The van der Waals surface area contributed by atoms with Crippen molar-refractivity contribution in [3.05, 3.63) is 35.5 Å². The number of nitrogens with zero attached hydrogens (tertiary/aromatic N) is 2. The molecule has 0 radical (unpaired) electrons. The van der Waals surface area contributed by atoms with Crippen LogP contribution in [0.5, 0.6) is 0 Å². The molecule has 1 N–H and O–H groups in total. The molecule has 3 rings (SSSR count). The summed E-state index contributed by atoms with van der Waals surface area (Å²) in [6.07, 6.45) is 4.60. The Balaban J connectivity index is 2.06. The first-order valence-corrected chi connectivity index (χ1v) is 6.69. The van der Waals surface area contributed by atoms with E-state index in [4.69, 9.17) is 0 Å². The summed E-state index contributed by atoms with van der Waals surface area (Å²) in [7, 11) is 1.92. The highest BCUT2D eigenvalue weighted by Gasteiger charge is 2.17. The summed E-state index contributed by atoms with van der Waals surface area (Å²) in [5, 5.41) is 10.3. The number of carbonyl (C=O) groups is 1. The van der Waals surface area contributed by atoms with E-state index in [0.717, 1.165) is 30.5 Å². The Morgan fingerprint density at radius 2 is 2.05 bits per heavy atom. The monoisotopic (exact) mass is 258 g/mol. The Kier molecular flexibility index (Phi) is 3.03. The number of carboxylic acid groups (broad SMARTS) is 1. The van der Waals surface area contributed by atoms with Crippen molar-refractivity contribution in [2.45, 2.75) is 19.4 Å². The molecule has 1 aromatic heterocycles. The van der Waals surface area contributed by atoms with E-state index in [1.165, 1.54) is 18.4 Å². The van der Waals surface area contributed by atoms with E-state index in [1.54, 1.807) is 6.07 Å². The summed E-state index contributed by atoms with van der Waals surface area (Å²) in [5.74, 6) is -0.862. The lowest BCUT2D eigenvalue weighted by Gasteiger charge is -2.13. The number of carboxylic acids is 1. The standard InChI is InChI=1S/C15H18N2O2/c1-16-9-11(10-17-7-2-3-8-17)12-5-4-6-13(14(12)16)15(18)19/h4-6,9H,2-3,7-8,10H2,1H3,(H,18,19). The maximum absolute atomic E-state index is 11.3. The molecule has 4 nitrogen and oxygen atoms in total. The van der Waals surface area contributed by atoms with Crippen LogP contribution < -0.4 is 0 Å². The zero-order valence-corrected chi connectivity index (χ0v) is 11.1. The Morgan fingerprint density at radius 3 is 2.74 bits per heavy atom. The molecule has 0 amide bonds. The number of hydrogen-bond acceptors (Lipinski definition) is 2. The fourth-order valence-corrected chi connectivity index (χ4v) is 3.03. The predicted octanol–water partition coefficient (Wildman–Crippen LogP) is 2.47. The Hall–Kier alpha value is -1.81. The van der Waals surface area contributed by atoms with Crippen molar-refractivity contribution in [1.82, 2.24) is 9.47 Å². The van der Waals surface area contributed by atoms with Gasteiger partial charge < -0.3 is 9.67 Å². The zero-order chi connectivity index (χ0) is 13.4. The largest absolute Gasteiger partial charge is 0.478 e. The van der Waals surface area contributed by atoms with Crippen LogP contribution in [0.25, 0.3) is 10.9 Å². The second-order valence-corrected chi connectivity index (χ2v) is 5.26. The van der Waals surface area contributed by atoms with Crippen molar-refractivity contribution >= 4 is 16.9 Å². The van der Waals surface area contributed by atoms with Crippen LogP contribution in [0.2, 0.25) is 0 Å². The summed E-state index contributed by atoms with van der Waals surface area (Å²) in [4.78, 5) is 13.7. The van der Waals surface area contributed by atoms with Crippen LogP contribution in [-0.2, 0) is 13.6 Å². The van der Waals surface area contributed by atoms with Gasteiger partial charge in [-0.2, -0.15) is 0 Å². The van der Waals surface area contributed by atoms with E-state index in [-0.39, 0.29) is 0 Å². The Bertz CT molecular complexity index is 624. The number of benzene rings is 1. The molecule has 100 valence electrons. The van der Waals surface area contributed by atoms with Gasteiger partial charge in [0.25, 0.3) is 0 Å². The van der Waals surface area contributed by atoms with Gasteiger partial charge >= 0.3 is 5.97 Å². The molecule has 1 aromatic carbocycles. The molecule has 0 aliphatic carbocycles. The van der Waals surface area contributed by atoms with Gasteiger partial charge in [0.05, 0.1) is 11.1 Å². The first-order chi connectivity index (χ1) is 9.16. The highest BCUT2D eigenvalue weighted by atomic mass is 16.4. The third kappa shape index (κ3) is 2.12. The second-order valence-electron chi connectivity index (χ2n) is 5.26. The predicted molar refractivity (Wildman–Crippen MR) is 74.4 cm³/mol. The van der Waals surface area contributed by atoms with Crippen molar-refractivity contribution in [2.75, 3.05) is 13.1 Å². The summed E-state index contributed by atoms with van der Waals surface area (Å²) < 4.78 is 1.93. The van der Waals surface area contributed by atoms with E-state index in [0.29, 0.717) is 5.56 Å². The van der Waals surface area contributed by atoms with Crippen LogP contribution in [0.3, 0.4) is 0 Å². The van der Waals surface area contributed by atoms with Crippen molar-refractivity contribution in [3.63, 3.8) is 0 Å². The van der Waals surface area contributed by atoms with E-state index in [1.807, 2.05) is 23.7 Å². The molecule has 1 fully saturated rings. The fraction of sp³-hybridized carbons (Fsp3) is 0.400. The minimum Gasteiger partial charge on any atom is -0.478 e. The smallest absolute Gasteiger partial charge is 0.337 e. The normalized spacial score (nSPS) is 16.3. The first-order valence-electron chi connectivity index (χ1n) is 6.69. The van der Waals surface area contributed by atoms with Crippen LogP contribution in [-0.4, -0.2) is 33.6 Å². The number of aromatic nitrogens is 1. The highest BCUT2D eigenvalue weighted by Crippen LogP contribution is 2.26. The molecule has 0 atom stereocenters. The van der Waals surface area contributed by atoms with Crippen molar-refractivity contribution in [1.29, 1.82) is 0 Å². The molecule has 2 heterocycles. The molecule has 1 aliphatic heterocycles. The van der Waals surface area contributed by atoms with Gasteiger partial charge in [0.15, 0.2) is 0 Å². The third-order valence-electron chi connectivity index (χ3n) is 3.91. The van der Waals surface area contributed by atoms with Crippen LogP contribution in [0.4, 0.5) is 0 Å². The molecule has 0 saturated carbocycles. The number of aryl methyl sites for hydroxylation is 1. The van der Waals surface area contributed by atoms with Gasteiger partial charge in [-0.05, 0) is 37.6 Å². The first kappa shape index (κ1) is 12.2. The topological polar surface area (TPSA) is 45.5 Å². The van der Waals surface area contributed by atoms with Crippen LogP contribution in [0.15, 0.2) is 24.4 Å². The maximum Gasteiger partial charge on any atom is 0.337 e. The number of fused-ring (bicyclic) bond motifs is 1. The molecule has 1 saturated heterocycles. The van der Waals surface area contributed by atoms with E-state index in [9.17, 15) is 9.90 Å². The second kappa shape index (κ2) is 4.70. The molecule has 0 bridgehead atoms. The van der Waals surface area contributed by atoms with E-state index in [2.05, 4.69) is 11.1 Å². The molecule has 0 unspecified atom stereocenters. The Morgan fingerprint density at radius 1 is 1.32 bits per heavy atom. The molecule has 2 aromatic rings. The molecule has 0 spiro atoms. The zero-order valence-electron chi connectivity index (χ0n) is 11.1. The summed E-state index contributed by atoms with van der Waals surface area (Å²) in [6.45, 7) is 3.21.